The largest absolute Gasteiger partial charge is 0.454 e. The van der Waals surface area contributed by atoms with Gasteiger partial charge >= 0.3 is 0 Å². The van der Waals surface area contributed by atoms with Crippen LogP contribution in [0.2, 0.25) is 5.02 Å². The second-order valence-electron chi connectivity index (χ2n) is 6.50. The van der Waals surface area contributed by atoms with Crippen LogP contribution in [0.3, 0.4) is 0 Å². The zero-order valence-electron chi connectivity index (χ0n) is 15.5. The Morgan fingerprint density at radius 1 is 1.32 bits per heavy atom. The van der Waals surface area contributed by atoms with Gasteiger partial charge in [0.05, 0.1) is 5.02 Å². The Labute approximate surface area is 186 Å². The summed E-state index contributed by atoms with van der Waals surface area (Å²) in [5.41, 5.74) is 1.11. The Bertz CT molecular complexity index is 851. The van der Waals surface area contributed by atoms with Gasteiger partial charge in [-0.3, -0.25) is 4.99 Å². The van der Waals surface area contributed by atoms with Gasteiger partial charge in [-0.05, 0) is 36.2 Å². The van der Waals surface area contributed by atoms with Crippen molar-refractivity contribution in [3.8, 4) is 11.5 Å². The lowest BCUT2D eigenvalue weighted by atomic mass is 10.2. The number of nitrogens with one attached hydrogen (secondary N) is 2. The van der Waals surface area contributed by atoms with Gasteiger partial charge in [-0.25, -0.2) is 4.98 Å². The first-order valence-electron chi connectivity index (χ1n) is 8.94. The Balaban J connectivity index is 0.00000225. The number of nitrogens with zero attached hydrogens (tertiary/aromatic N) is 3. The topological polar surface area (TPSA) is 71.0 Å². The molecule has 1 aromatic carbocycles. The van der Waals surface area contributed by atoms with E-state index in [1.165, 1.54) is 0 Å². The zero-order chi connectivity index (χ0) is 18.6. The molecule has 28 heavy (non-hydrogen) atoms. The molecule has 0 saturated carbocycles. The van der Waals surface area contributed by atoms with Crippen molar-refractivity contribution in [2.45, 2.75) is 19.0 Å². The minimum atomic E-state index is 0. The summed E-state index contributed by atoms with van der Waals surface area (Å²) in [6.45, 7) is 2.68. The van der Waals surface area contributed by atoms with Gasteiger partial charge in [0, 0.05) is 38.9 Å². The lowest BCUT2D eigenvalue weighted by Crippen LogP contribution is -2.44. The molecule has 2 aliphatic rings. The van der Waals surface area contributed by atoms with E-state index < -0.39 is 0 Å². The fourth-order valence-electron chi connectivity index (χ4n) is 3.31. The van der Waals surface area contributed by atoms with E-state index >= 15 is 0 Å². The third kappa shape index (κ3) is 4.72. The number of ether oxygens (including phenoxy) is 2. The van der Waals surface area contributed by atoms with Gasteiger partial charge in [0.15, 0.2) is 17.5 Å². The van der Waals surface area contributed by atoms with Gasteiger partial charge in [-0.2, -0.15) is 0 Å². The van der Waals surface area contributed by atoms with Gasteiger partial charge in [0.2, 0.25) is 6.79 Å². The van der Waals surface area contributed by atoms with Crippen molar-refractivity contribution in [1.82, 2.24) is 15.6 Å². The molecule has 3 heterocycles. The first kappa shape index (κ1) is 20.8. The maximum atomic E-state index is 6.26. The van der Waals surface area contributed by atoms with Crippen LogP contribution < -0.4 is 25.0 Å². The molecule has 1 unspecified atom stereocenters. The lowest BCUT2D eigenvalue weighted by molar-refractivity contribution is 0.174. The Morgan fingerprint density at radius 3 is 3.00 bits per heavy atom. The van der Waals surface area contributed by atoms with Crippen LogP contribution in [-0.2, 0) is 6.54 Å². The molecule has 1 fully saturated rings. The average Bonchev–Trinajstić information content (AvgIpc) is 3.34. The number of rotatable bonds is 4. The molecule has 0 bridgehead atoms. The Kier molecular flexibility index (Phi) is 7.06. The molecule has 2 aliphatic heterocycles. The monoisotopic (exact) mass is 515 g/mol. The van der Waals surface area contributed by atoms with E-state index in [4.69, 9.17) is 21.1 Å². The maximum absolute atomic E-state index is 6.26. The number of aromatic nitrogens is 1. The third-order valence-corrected chi connectivity index (χ3v) is 4.98. The molecule has 4 rings (SSSR count). The van der Waals surface area contributed by atoms with E-state index in [1.807, 2.05) is 30.3 Å². The van der Waals surface area contributed by atoms with Crippen LogP contribution >= 0.6 is 35.6 Å². The fraction of sp³-hybridized carbons (Fsp3) is 0.368. The molecule has 9 heteroatoms. The number of guanidine groups is 1. The van der Waals surface area contributed by atoms with E-state index in [1.54, 1.807) is 13.2 Å². The Morgan fingerprint density at radius 2 is 2.18 bits per heavy atom. The molecule has 2 aromatic rings. The summed E-state index contributed by atoms with van der Waals surface area (Å²) in [4.78, 5) is 10.9. The van der Waals surface area contributed by atoms with Crippen LogP contribution in [0.4, 0.5) is 5.82 Å². The van der Waals surface area contributed by atoms with Crippen molar-refractivity contribution in [3.63, 3.8) is 0 Å². The first-order chi connectivity index (χ1) is 13.2. The smallest absolute Gasteiger partial charge is 0.231 e. The number of pyridine rings is 1. The highest BCUT2D eigenvalue weighted by molar-refractivity contribution is 14.0. The molecule has 2 N–H and O–H groups in total. The molecule has 0 spiro atoms. The number of hydrogen-bond acceptors (Lipinski definition) is 5. The van der Waals surface area contributed by atoms with Crippen LogP contribution in [0.25, 0.3) is 0 Å². The summed E-state index contributed by atoms with van der Waals surface area (Å²) in [5, 5.41) is 7.51. The molecule has 0 aliphatic carbocycles. The summed E-state index contributed by atoms with van der Waals surface area (Å²) in [7, 11) is 1.78. The predicted molar refractivity (Wildman–Crippen MR) is 121 cm³/mol. The van der Waals surface area contributed by atoms with E-state index in [-0.39, 0.29) is 36.8 Å². The van der Waals surface area contributed by atoms with E-state index in [0.717, 1.165) is 48.4 Å². The fourth-order valence-corrected chi connectivity index (χ4v) is 3.55. The van der Waals surface area contributed by atoms with Crippen molar-refractivity contribution in [2.24, 2.45) is 4.99 Å². The van der Waals surface area contributed by atoms with Gasteiger partial charge in [0.1, 0.15) is 5.82 Å². The van der Waals surface area contributed by atoms with Crippen molar-refractivity contribution in [3.05, 3.63) is 47.1 Å². The molecular weight excluding hydrogens is 493 g/mol. The SMILES string of the molecule is CN=C(NCc1ccc2c(c1)OCO2)NC1CCN(c2ncccc2Cl)C1.I. The molecular formula is C19H23ClIN5O2. The van der Waals surface area contributed by atoms with Crippen LogP contribution in [0.15, 0.2) is 41.5 Å². The number of anilines is 1. The summed E-state index contributed by atoms with van der Waals surface area (Å²) >= 11 is 6.26. The predicted octanol–water partition coefficient (Wildman–Crippen LogP) is 3.03. The van der Waals surface area contributed by atoms with Gasteiger partial charge < -0.3 is 25.0 Å². The number of halogens is 2. The summed E-state index contributed by atoms with van der Waals surface area (Å²) in [6, 6.07) is 9.94. The highest BCUT2D eigenvalue weighted by Gasteiger charge is 2.25. The van der Waals surface area contributed by atoms with Crippen LogP contribution in [-0.4, -0.2) is 43.9 Å². The van der Waals surface area contributed by atoms with Crippen molar-refractivity contribution >= 4 is 47.4 Å². The molecule has 0 radical (unpaired) electrons. The van der Waals surface area contributed by atoms with Crippen molar-refractivity contribution in [2.75, 3.05) is 31.8 Å². The van der Waals surface area contributed by atoms with Crippen LogP contribution in [0.5, 0.6) is 11.5 Å². The minimum absolute atomic E-state index is 0. The van der Waals surface area contributed by atoms with Gasteiger partial charge in [0.25, 0.3) is 0 Å². The second kappa shape index (κ2) is 9.51. The van der Waals surface area contributed by atoms with Crippen LogP contribution in [0.1, 0.15) is 12.0 Å². The molecule has 150 valence electrons. The average molecular weight is 516 g/mol. The number of hydrogen-bond donors (Lipinski definition) is 2. The highest BCUT2D eigenvalue weighted by atomic mass is 127. The quantitative estimate of drug-likeness (QED) is 0.371. The summed E-state index contributed by atoms with van der Waals surface area (Å²) in [6.07, 6.45) is 2.77. The van der Waals surface area contributed by atoms with E-state index in [2.05, 4.69) is 25.5 Å². The van der Waals surface area contributed by atoms with Crippen LogP contribution in [0, 0.1) is 0 Å². The normalized spacial score (nSPS) is 18.0. The molecule has 1 atom stereocenters. The van der Waals surface area contributed by atoms with Gasteiger partial charge in [-0.15, -0.1) is 24.0 Å². The molecule has 1 saturated heterocycles. The van der Waals surface area contributed by atoms with Crippen molar-refractivity contribution in [1.29, 1.82) is 0 Å². The molecule has 0 amide bonds. The summed E-state index contributed by atoms with van der Waals surface area (Å²) < 4.78 is 10.8. The standard InChI is InChI=1S/C19H22ClN5O2.HI/c1-21-19(23-10-13-4-5-16-17(9-13)27-12-26-16)24-14-6-8-25(11-14)18-15(20)3-2-7-22-18;/h2-5,7,9,14H,6,8,10-12H2,1H3,(H2,21,23,24);1H. The number of aliphatic imine (C=N–C) groups is 1. The summed E-state index contributed by atoms with van der Waals surface area (Å²) in [5.74, 6) is 3.19. The van der Waals surface area contributed by atoms with Crippen molar-refractivity contribution < 1.29 is 9.47 Å². The van der Waals surface area contributed by atoms with E-state index in [9.17, 15) is 0 Å². The zero-order valence-corrected chi connectivity index (χ0v) is 18.6. The first-order valence-corrected chi connectivity index (χ1v) is 9.32. The number of benzene rings is 1. The molecule has 1 aromatic heterocycles. The third-order valence-electron chi connectivity index (χ3n) is 4.69. The lowest BCUT2D eigenvalue weighted by Gasteiger charge is -2.20. The second-order valence-corrected chi connectivity index (χ2v) is 6.91. The molecule has 7 nitrogen and oxygen atoms in total. The Hall–Kier alpha value is -1.94. The maximum Gasteiger partial charge on any atom is 0.231 e. The minimum Gasteiger partial charge on any atom is -0.454 e. The number of fused-ring (bicyclic) bond motifs is 1. The van der Waals surface area contributed by atoms with E-state index in [0.29, 0.717) is 11.6 Å². The van der Waals surface area contributed by atoms with Gasteiger partial charge in [-0.1, -0.05) is 17.7 Å². The highest BCUT2D eigenvalue weighted by Crippen LogP contribution is 2.32.